The highest BCUT2D eigenvalue weighted by Crippen LogP contribution is 2.18. The largest absolute Gasteiger partial charge is 0.472 e. The Morgan fingerprint density at radius 1 is 1.45 bits per heavy atom. The van der Waals surface area contributed by atoms with Crippen molar-refractivity contribution in [2.45, 2.75) is 6.92 Å². The van der Waals surface area contributed by atoms with Crippen LogP contribution in [0.3, 0.4) is 0 Å². The average Bonchev–Trinajstić information content (AvgIpc) is 2.92. The molecule has 0 saturated carbocycles. The summed E-state index contributed by atoms with van der Waals surface area (Å²) < 4.78 is 9.73. The van der Waals surface area contributed by atoms with Crippen LogP contribution in [0.25, 0.3) is 11.3 Å². The fourth-order valence-electron chi connectivity index (χ4n) is 1.48. The molecule has 1 amide bonds. The van der Waals surface area contributed by atoms with Gasteiger partial charge in [-0.3, -0.25) is 5.32 Å². The van der Waals surface area contributed by atoms with Crippen molar-refractivity contribution < 1.29 is 13.9 Å². The zero-order chi connectivity index (χ0) is 14.4. The maximum absolute atomic E-state index is 11.2. The molecule has 2 rings (SSSR count). The van der Waals surface area contributed by atoms with Gasteiger partial charge in [0, 0.05) is 5.56 Å². The second kappa shape index (κ2) is 6.67. The van der Waals surface area contributed by atoms with Gasteiger partial charge >= 0.3 is 6.09 Å². The summed E-state index contributed by atoms with van der Waals surface area (Å²) in [5.41, 5.74) is 1.60. The molecular formula is C13H13N3O3S. The Morgan fingerprint density at radius 2 is 2.30 bits per heavy atom. The molecule has 0 radical (unpaired) electrons. The van der Waals surface area contributed by atoms with Crippen LogP contribution in [0.2, 0.25) is 0 Å². The Kier molecular flexibility index (Phi) is 4.67. The summed E-state index contributed by atoms with van der Waals surface area (Å²) in [6.45, 7) is 1.99. The van der Waals surface area contributed by atoms with Crippen LogP contribution in [-0.2, 0) is 4.74 Å². The number of ether oxygens (including phenoxy) is 1. The number of pyridine rings is 1. The summed E-state index contributed by atoms with van der Waals surface area (Å²) >= 11 is 4.99. The van der Waals surface area contributed by atoms with Crippen molar-refractivity contribution in [2.24, 2.45) is 0 Å². The van der Waals surface area contributed by atoms with Crippen molar-refractivity contribution >= 4 is 29.2 Å². The quantitative estimate of drug-likeness (QED) is 0.847. The van der Waals surface area contributed by atoms with Crippen LogP contribution in [0.4, 0.5) is 10.6 Å². The van der Waals surface area contributed by atoms with E-state index in [1.54, 1.807) is 31.6 Å². The number of nitrogens with zero attached hydrogens (tertiary/aromatic N) is 1. The normalized spacial score (nSPS) is 9.85. The van der Waals surface area contributed by atoms with Gasteiger partial charge < -0.3 is 14.5 Å². The van der Waals surface area contributed by atoms with Gasteiger partial charge in [0.05, 0.1) is 24.8 Å². The van der Waals surface area contributed by atoms with Gasteiger partial charge in [-0.1, -0.05) is 6.07 Å². The summed E-state index contributed by atoms with van der Waals surface area (Å²) in [6.07, 6.45) is 2.57. The van der Waals surface area contributed by atoms with Crippen molar-refractivity contribution in [1.82, 2.24) is 10.3 Å². The van der Waals surface area contributed by atoms with Gasteiger partial charge in [-0.05, 0) is 37.3 Å². The smallest absolute Gasteiger partial charge is 0.413 e. The predicted octanol–water partition coefficient (Wildman–Crippen LogP) is 2.78. The Balaban J connectivity index is 2.01. The number of carbonyl (C=O) groups is 1. The summed E-state index contributed by atoms with van der Waals surface area (Å²) in [5.74, 6) is 0.519. The minimum Gasteiger partial charge on any atom is -0.472 e. The third-order valence-corrected chi connectivity index (χ3v) is 2.50. The second-order valence-electron chi connectivity index (χ2n) is 3.72. The molecule has 0 aromatic carbocycles. The molecule has 0 aliphatic heterocycles. The number of anilines is 1. The highest BCUT2D eigenvalue weighted by molar-refractivity contribution is 7.80. The van der Waals surface area contributed by atoms with Crippen LogP contribution in [0.5, 0.6) is 0 Å². The molecule has 6 nitrogen and oxygen atoms in total. The lowest BCUT2D eigenvalue weighted by molar-refractivity contribution is 0.158. The van der Waals surface area contributed by atoms with E-state index in [-0.39, 0.29) is 11.7 Å². The first-order chi connectivity index (χ1) is 9.69. The standard InChI is InChI=1S/C13H13N3O3S/c1-2-19-13(17)16-12(20)15-11-5-3-4-10(14-11)9-6-7-18-8-9/h3-8H,2H2,1H3,(H2,14,15,16,17,20). The van der Waals surface area contributed by atoms with E-state index in [2.05, 4.69) is 15.6 Å². The first-order valence-corrected chi connectivity index (χ1v) is 6.34. The molecule has 20 heavy (non-hydrogen) atoms. The highest BCUT2D eigenvalue weighted by atomic mass is 32.1. The average molecular weight is 291 g/mol. The van der Waals surface area contributed by atoms with E-state index in [4.69, 9.17) is 21.4 Å². The van der Waals surface area contributed by atoms with Gasteiger partial charge in [0.1, 0.15) is 5.82 Å². The number of furan rings is 1. The first-order valence-electron chi connectivity index (χ1n) is 5.93. The molecule has 0 spiro atoms. The van der Waals surface area contributed by atoms with Crippen LogP contribution in [0.1, 0.15) is 6.92 Å². The molecule has 0 aliphatic rings. The van der Waals surface area contributed by atoms with E-state index < -0.39 is 6.09 Å². The lowest BCUT2D eigenvalue weighted by atomic mass is 10.2. The number of amides is 1. The van der Waals surface area contributed by atoms with Gasteiger partial charge in [-0.15, -0.1) is 0 Å². The van der Waals surface area contributed by atoms with Gasteiger partial charge in [0.2, 0.25) is 0 Å². The van der Waals surface area contributed by atoms with Crippen LogP contribution in [0, 0.1) is 0 Å². The van der Waals surface area contributed by atoms with Crippen LogP contribution in [-0.4, -0.2) is 22.8 Å². The molecule has 104 valence electrons. The van der Waals surface area contributed by atoms with E-state index in [9.17, 15) is 4.79 Å². The number of alkyl carbamates (subject to hydrolysis) is 1. The topological polar surface area (TPSA) is 76.4 Å². The number of carbonyl (C=O) groups excluding carboxylic acids is 1. The summed E-state index contributed by atoms with van der Waals surface area (Å²) in [5, 5.41) is 5.32. The minimum absolute atomic E-state index is 0.125. The Hall–Kier alpha value is -2.41. The maximum atomic E-state index is 11.2. The lowest BCUT2D eigenvalue weighted by Gasteiger charge is -2.09. The Labute approximate surface area is 121 Å². The fraction of sp³-hybridized carbons (Fsp3) is 0.154. The van der Waals surface area contributed by atoms with Gasteiger partial charge in [-0.2, -0.15) is 0 Å². The monoisotopic (exact) mass is 291 g/mol. The van der Waals surface area contributed by atoms with Crippen LogP contribution >= 0.6 is 12.2 Å². The molecule has 0 unspecified atom stereocenters. The van der Waals surface area contributed by atoms with Gasteiger partial charge in [0.25, 0.3) is 0 Å². The Morgan fingerprint density at radius 3 is 3.00 bits per heavy atom. The van der Waals surface area contributed by atoms with E-state index in [0.29, 0.717) is 5.82 Å². The van der Waals surface area contributed by atoms with E-state index in [0.717, 1.165) is 11.3 Å². The van der Waals surface area contributed by atoms with E-state index >= 15 is 0 Å². The molecule has 0 atom stereocenters. The number of aromatic nitrogens is 1. The summed E-state index contributed by atoms with van der Waals surface area (Å²) in [7, 11) is 0. The van der Waals surface area contributed by atoms with Crippen molar-refractivity contribution in [3.63, 3.8) is 0 Å². The maximum Gasteiger partial charge on any atom is 0.413 e. The van der Waals surface area contributed by atoms with Crippen LogP contribution < -0.4 is 10.6 Å². The first kappa shape index (κ1) is 14.0. The fourth-order valence-corrected chi connectivity index (χ4v) is 1.67. The second-order valence-corrected chi connectivity index (χ2v) is 4.13. The highest BCUT2D eigenvalue weighted by Gasteiger charge is 2.06. The van der Waals surface area contributed by atoms with Crippen molar-refractivity contribution in [3.8, 4) is 11.3 Å². The number of nitrogens with one attached hydrogen (secondary N) is 2. The molecule has 7 heteroatoms. The molecule has 2 N–H and O–H groups in total. The minimum atomic E-state index is -0.601. The molecular weight excluding hydrogens is 278 g/mol. The SMILES string of the molecule is CCOC(=O)NC(=S)Nc1cccc(-c2ccoc2)n1. The molecule has 0 saturated heterocycles. The third kappa shape index (κ3) is 3.79. The summed E-state index contributed by atoms with van der Waals surface area (Å²) in [6, 6.07) is 7.21. The van der Waals surface area contributed by atoms with Gasteiger partial charge in [-0.25, -0.2) is 9.78 Å². The molecule has 0 aliphatic carbocycles. The number of rotatable bonds is 3. The van der Waals surface area contributed by atoms with Crippen molar-refractivity contribution in [3.05, 3.63) is 36.8 Å². The zero-order valence-corrected chi connectivity index (χ0v) is 11.6. The summed E-state index contributed by atoms with van der Waals surface area (Å²) in [4.78, 5) is 15.6. The van der Waals surface area contributed by atoms with E-state index in [1.165, 1.54) is 0 Å². The predicted molar refractivity (Wildman–Crippen MR) is 78.3 cm³/mol. The molecule has 2 heterocycles. The third-order valence-electron chi connectivity index (χ3n) is 2.30. The van der Waals surface area contributed by atoms with Crippen molar-refractivity contribution in [2.75, 3.05) is 11.9 Å². The lowest BCUT2D eigenvalue weighted by Crippen LogP contribution is -2.34. The zero-order valence-electron chi connectivity index (χ0n) is 10.8. The molecule has 0 fully saturated rings. The molecule has 2 aromatic heterocycles. The molecule has 0 bridgehead atoms. The number of hydrogen-bond acceptors (Lipinski definition) is 5. The van der Waals surface area contributed by atoms with E-state index in [1.807, 2.05) is 12.1 Å². The Bertz CT molecular complexity index is 599. The van der Waals surface area contributed by atoms with Crippen molar-refractivity contribution in [1.29, 1.82) is 0 Å². The van der Waals surface area contributed by atoms with Gasteiger partial charge in [0.15, 0.2) is 5.11 Å². The number of hydrogen-bond donors (Lipinski definition) is 2. The molecule has 2 aromatic rings. The van der Waals surface area contributed by atoms with Crippen LogP contribution in [0.15, 0.2) is 41.2 Å². The number of thiocarbonyl (C=S) groups is 1.